The van der Waals surface area contributed by atoms with E-state index in [1.165, 1.54) is 22.3 Å². The van der Waals surface area contributed by atoms with E-state index in [1.54, 1.807) is 0 Å². The third kappa shape index (κ3) is 6.41. The molecule has 0 fully saturated rings. The summed E-state index contributed by atoms with van der Waals surface area (Å²) >= 11 is 0. The van der Waals surface area contributed by atoms with Crippen LogP contribution >= 0.6 is 0 Å². The summed E-state index contributed by atoms with van der Waals surface area (Å²) in [5, 5.41) is 2.69. The van der Waals surface area contributed by atoms with Gasteiger partial charge in [0.05, 0.1) is 26.4 Å². The van der Waals surface area contributed by atoms with E-state index in [-0.39, 0.29) is 19.1 Å². The van der Waals surface area contributed by atoms with Gasteiger partial charge in [-0.1, -0.05) is 55.1 Å². The highest BCUT2D eigenvalue weighted by molar-refractivity contribution is 5.81. The number of nitrogens with one attached hydrogen (secondary N) is 1. The number of alkyl carbamates (subject to hydrolysis) is 1. The van der Waals surface area contributed by atoms with E-state index in [2.05, 4.69) is 36.2 Å². The van der Waals surface area contributed by atoms with Crippen LogP contribution in [0.5, 0.6) is 0 Å². The zero-order chi connectivity index (χ0) is 21.9. The molecule has 0 radical (unpaired) electrons. The first-order chi connectivity index (χ1) is 15.2. The minimum atomic E-state index is -0.473. The lowest BCUT2D eigenvalue weighted by Crippen LogP contribution is -2.29. The molecule has 1 aliphatic rings. The fourth-order valence-corrected chi connectivity index (χ4v) is 3.46. The molecule has 0 atom stereocenters. The van der Waals surface area contributed by atoms with Crippen LogP contribution in [0, 0.1) is 0 Å². The van der Waals surface area contributed by atoms with Gasteiger partial charge < -0.3 is 24.3 Å². The van der Waals surface area contributed by atoms with Crippen LogP contribution in [-0.2, 0) is 23.7 Å². The summed E-state index contributed by atoms with van der Waals surface area (Å²) in [5.41, 5.74) is 4.75. The lowest BCUT2D eigenvalue weighted by atomic mass is 9.98. The quantitative estimate of drug-likeness (QED) is 0.319. The molecular formula is C24H27NO6. The molecule has 0 heterocycles. The Morgan fingerprint density at radius 1 is 0.839 bits per heavy atom. The number of esters is 1. The molecule has 1 aliphatic carbocycles. The van der Waals surface area contributed by atoms with Crippen molar-refractivity contribution < 1.29 is 28.5 Å². The molecule has 0 saturated heterocycles. The third-order valence-corrected chi connectivity index (χ3v) is 4.87. The second-order valence-electron chi connectivity index (χ2n) is 6.85. The van der Waals surface area contributed by atoms with Crippen molar-refractivity contribution in [2.75, 3.05) is 46.2 Å². The number of carbonyl (C=O) groups excluding carboxylic acids is 2. The number of benzene rings is 2. The van der Waals surface area contributed by atoms with Gasteiger partial charge in [0, 0.05) is 18.5 Å². The SMILES string of the molecule is C=CC(=O)OCCOCCOCCNC(=O)OCC1c2ccccc2-c2ccccc21. The summed E-state index contributed by atoms with van der Waals surface area (Å²) in [4.78, 5) is 22.9. The summed E-state index contributed by atoms with van der Waals surface area (Å²) in [7, 11) is 0. The number of hydrogen-bond donors (Lipinski definition) is 1. The Hall–Kier alpha value is -3.16. The minimum Gasteiger partial charge on any atom is -0.460 e. The molecule has 0 aliphatic heterocycles. The summed E-state index contributed by atoms with van der Waals surface area (Å²) in [6, 6.07) is 16.4. The molecule has 2 aromatic rings. The van der Waals surface area contributed by atoms with Crippen molar-refractivity contribution in [1.82, 2.24) is 5.32 Å². The van der Waals surface area contributed by atoms with E-state index in [9.17, 15) is 9.59 Å². The van der Waals surface area contributed by atoms with Gasteiger partial charge in [0.1, 0.15) is 13.2 Å². The molecule has 3 rings (SSSR count). The molecule has 0 aromatic heterocycles. The summed E-state index contributed by atoms with van der Waals surface area (Å²) in [6.45, 7) is 5.49. The van der Waals surface area contributed by atoms with Crippen molar-refractivity contribution in [2.24, 2.45) is 0 Å². The molecule has 0 saturated carbocycles. The van der Waals surface area contributed by atoms with Gasteiger partial charge in [-0.15, -0.1) is 0 Å². The first-order valence-electron chi connectivity index (χ1n) is 10.2. The first-order valence-corrected chi connectivity index (χ1v) is 10.2. The molecule has 7 heteroatoms. The van der Waals surface area contributed by atoms with Crippen LogP contribution in [0.2, 0.25) is 0 Å². The monoisotopic (exact) mass is 425 g/mol. The highest BCUT2D eigenvalue weighted by Gasteiger charge is 2.28. The van der Waals surface area contributed by atoms with Gasteiger partial charge in [-0.25, -0.2) is 9.59 Å². The Labute approximate surface area is 181 Å². The second-order valence-corrected chi connectivity index (χ2v) is 6.85. The lowest BCUT2D eigenvalue weighted by Gasteiger charge is -2.14. The van der Waals surface area contributed by atoms with E-state index in [4.69, 9.17) is 18.9 Å². The number of carbonyl (C=O) groups is 2. The van der Waals surface area contributed by atoms with E-state index < -0.39 is 12.1 Å². The van der Waals surface area contributed by atoms with Crippen molar-refractivity contribution in [3.8, 4) is 11.1 Å². The van der Waals surface area contributed by atoms with Gasteiger partial charge >= 0.3 is 12.1 Å². The zero-order valence-electron chi connectivity index (χ0n) is 17.4. The van der Waals surface area contributed by atoms with Crippen molar-refractivity contribution in [3.63, 3.8) is 0 Å². The van der Waals surface area contributed by atoms with Gasteiger partial charge in [0.25, 0.3) is 0 Å². The highest BCUT2D eigenvalue weighted by atomic mass is 16.6. The molecule has 0 spiro atoms. The third-order valence-electron chi connectivity index (χ3n) is 4.87. The van der Waals surface area contributed by atoms with Crippen LogP contribution in [0.1, 0.15) is 17.0 Å². The molecule has 31 heavy (non-hydrogen) atoms. The molecule has 1 N–H and O–H groups in total. The number of hydrogen-bond acceptors (Lipinski definition) is 6. The summed E-state index contributed by atoms with van der Waals surface area (Å²) in [6.07, 6.45) is 0.637. The molecule has 1 amide bonds. The van der Waals surface area contributed by atoms with Gasteiger partial charge in [-0.2, -0.15) is 0 Å². The Bertz CT molecular complexity index is 852. The van der Waals surface area contributed by atoms with E-state index in [0.29, 0.717) is 33.0 Å². The zero-order valence-corrected chi connectivity index (χ0v) is 17.4. The Balaban J connectivity index is 1.29. The van der Waals surface area contributed by atoms with Crippen molar-refractivity contribution in [3.05, 3.63) is 72.3 Å². The van der Waals surface area contributed by atoms with Gasteiger partial charge in [0.2, 0.25) is 0 Å². The molecule has 164 valence electrons. The Morgan fingerprint density at radius 2 is 1.42 bits per heavy atom. The fourth-order valence-electron chi connectivity index (χ4n) is 3.46. The van der Waals surface area contributed by atoms with E-state index >= 15 is 0 Å². The predicted octanol–water partition coefficient (Wildman–Crippen LogP) is 3.29. The number of rotatable bonds is 12. The Morgan fingerprint density at radius 3 is 2.06 bits per heavy atom. The maximum absolute atomic E-state index is 12.0. The smallest absolute Gasteiger partial charge is 0.407 e. The highest BCUT2D eigenvalue weighted by Crippen LogP contribution is 2.44. The first kappa shape index (κ1) is 22.5. The maximum Gasteiger partial charge on any atom is 0.407 e. The van der Waals surface area contributed by atoms with Crippen LogP contribution in [0.4, 0.5) is 4.79 Å². The summed E-state index contributed by atoms with van der Waals surface area (Å²) in [5.74, 6) is -0.434. The average Bonchev–Trinajstić information content (AvgIpc) is 3.12. The predicted molar refractivity (Wildman–Crippen MR) is 116 cm³/mol. The molecule has 0 bridgehead atoms. The standard InChI is InChI=1S/C24H27NO6/c1-2-23(26)30-16-15-29-14-13-28-12-11-25-24(27)31-17-22-20-9-5-3-7-18(20)19-8-4-6-10-21(19)22/h2-10,22H,1,11-17H2,(H,25,27). The lowest BCUT2D eigenvalue weighted by molar-refractivity contribution is -0.139. The van der Waals surface area contributed by atoms with Crippen molar-refractivity contribution in [2.45, 2.75) is 5.92 Å². The molecular weight excluding hydrogens is 398 g/mol. The van der Waals surface area contributed by atoms with Crippen LogP contribution in [0.25, 0.3) is 11.1 Å². The number of amides is 1. The van der Waals surface area contributed by atoms with Gasteiger partial charge in [-0.3, -0.25) is 0 Å². The fraction of sp³-hybridized carbons (Fsp3) is 0.333. The van der Waals surface area contributed by atoms with Gasteiger partial charge in [0.15, 0.2) is 0 Å². The summed E-state index contributed by atoms with van der Waals surface area (Å²) < 4.78 is 20.9. The number of fused-ring (bicyclic) bond motifs is 3. The van der Waals surface area contributed by atoms with Crippen LogP contribution < -0.4 is 5.32 Å². The average molecular weight is 425 g/mol. The number of ether oxygens (including phenoxy) is 4. The Kier molecular flexibility index (Phi) is 8.63. The topological polar surface area (TPSA) is 83.1 Å². The van der Waals surface area contributed by atoms with Crippen molar-refractivity contribution >= 4 is 12.1 Å². The second kappa shape index (κ2) is 11.9. The van der Waals surface area contributed by atoms with Crippen LogP contribution in [-0.4, -0.2) is 58.2 Å². The minimum absolute atomic E-state index is 0.0392. The largest absolute Gasteiger partial charge is 0.460 e. The van der Waals surface area contributed by atoms with Crippen LogP contribution in [0.3, 0.4) is 0 Å². The molecule has 2 aromatic carbocycles. The van der Waals surface area contributed by atoms with Gasteiger partial charge in [-0.05, 0) is 22.3 Å². The maximum atomic E-state index is 12.0. The van der Waals surface area contributed by atoms with E-state index in [1.807, 2.05) is 24.3 Å². The van der Waals surface area contributed by atoms with E-state index in [0.717, 1.165) is 6.08 Å². The van der Waals surface area contributed by atoms with Crippen molar-refractivity contribution in [1.29, 1.82) is 0 Å². The molecule has 7 nitrogen and oxygen atoms in total. The van der Waals surface area contributed by atoms with Crippen LogP contribution in [0.15, 0.2) is 61.2 Å². The molecule has 0 unspecified atom stereocenters. The normalized spacial score (nSPS) is 12.0.